The molecule has 0 aromatic heterocycles. The van der Waals surface area contributed by atoms with Crippen molar-refractivity contribution in [3.8, 4) is 0 Å². The first-order chi connectivity index (χ1) is 8.17. The van der Waals surface area contributed by atoms with Crippen LogP contribution in [0.15, 0.2) is 0 Å². The second-order valence-electron chi connectivity index (χ2n) is 6.16. The van der Waals surface area contributed by atoms with Crippen LogP contribution < -0.4 is 5.32 Å². The Kier molecular flexibility index (Phi) is 5.84. The van der Waals surface area contributed by atoms with Gasteiger partial charge in [-0.3, -0.25) is 0 Å². The molecule has 5 heteroatoms. The summed E-state index contributed by atoms with van der Waals surface area (Å²) in [7, 11) is 0. The molecule has 2 atom stereocenters. The highest BCUT2D eigenvalue weighted by molar-refractivity contribution is 8.00. The quantitative estimate of drug-likeness (QED) is 0.801. The normalized spacial score (nSPS) is 25.7. The average molecular weight is 283 g/mol. The predicted molar refractivity (Wildman–Crippen MR) is 71.7 cm³/mol. The topological polar surface area (TPSA) is 12.0 Å². The minimum Gasteiger partial charge on any atom is -0.312 e. The molecule has 1 rings (SSSR count). The number of rotatable bonds is 5. The zero-order valence-electron chi connectivity index (χ0n) is 11.4. The van der Waals surface area contributed by atoms with Crippen LogP contribution in [0.4, 0.5) is 13.2 Å². The van der Waals surface area contributed by atoms with Crippen molar-refractivity contribution >= 4 is 11.8 Å². The molecule has 108 valence electrons. The molecule has 0 saturated heterocycles. The molecule has 1 saturated carbocycles. The molecule has 0 bridgehead atoms. The molecule has 0 heterocycles. The fourth-order valence-corrected chi connectivity index (χ4v) is 3.18. The Hall–Kier alpha value is 0.100. The molecule has 1 N–H and O–H groups in total. The van der Waals surface area contributed by atoms with Crippen LogP contribution in [-0.4, -0.2) is 23.3 Å². The number of thioether (sulfide) groups is 1. The van der Waals surface area contributed by atoms with Crippen LogP contribution in [0.1, 0.15) is 46.5 Å². The first-order valence-electron chi connectivity index (χ1n) is 6.63. The molecular formula is C13H24F3NS. The van der Waals surface area contributed by atoms with E-state index in [1.165, 1.54) is 0 Å². The van der Waals surface area contributed by atoms with Crippen LogP contribution in [0.25, 0.3) is 0 Å². The van der Waals surface area contributed by atoms with Gasteiger partial charge >= 0.3 is 5.51 Å². The predicted octanol–water partition coefficient (Wildman–Crippen LogP) is 4.43. The Bertz CT molecular complexity index is 248. The number of hydrogen-bond donors (Lipinski definition) is 1. The van der Waals surface area contributed by atoms with Gasteiger partial charge in [0.05, 0.1) is 0 Å². The summed E-state index contributed by atoms with van der Waals surface area (Å²) >= 11 is 0.126. The molecule has 0 radical (unpaired) electrons. The van der Waals surface area contributed by atoms with E-state index in [-0.39, 0.29) is 23.1 Å². The van der Waals surface area contributed by atoms with E-state index >= 15 is 0 Å². The van der Waals surface area contributed by atoms with Gasteiger partial charge in [-0.15, -0.1) is 0 Å². The summed E-state index contributed by atoms with van der Waals surface area (Å²) in [6.45, 7) is 7.30. The summed E-state index contributed by atoms with van der Waals surface area (Å²) in [5.74, 6) is 1.23. The first-order valence-corrected chi connectivity index (χ1v) is 7.62. The maximum absolute atomic E-state index is 12.1. The van der Waals surface area contributed by atoms with Crippen molar-refractivity contribution in [2.45, 2.75) is 57.5 Å². The smallest absolute Gasteiger partial charge is 0.312 e. The van der Waals surface area contributed by atoms with Crippen LogP contribution in [0.3, 0.4) is 0 Å². The molecule has 18 heavy (non-hydrogen) atoms. The lowest BCUT2D eigenvalue weighted by molar-refractivity contribution is -0.0328. The Morgan fingerprint density at radius 3 is 2.28 bits per heavy atom. The van der Waals surface area contributed by atoms with Gasteiger partial charge in [0.1, 0.15) is 0 Å². The molecule has 0 amide bonds. The van der Waals surface area contributed by atoms with Gasteiger partial charge in [-0.05, 0) is 52.0 Å². The lowest BCUT2D eigenvalue weighted by Crippen LogP contribution is -2.39. The van der Waals surface area contributed by atoms with Crippen molar-refractivity contribution in [3.63, 3.8) is 0 Å². The van der Waals surface area contributed by atoms with Crippen LogP contribution >= 0.6 is 11.8 Å². The highest BCUT2D eigenvalue weighted by Crippen LogP contribution is 2.37. The molecule has 1 aliphatic rings. The number of halogens is 3. The lowest BCUT2D eigenvalue weighted by Gasteiger charge is -2.26. The fourth-order valence-electron chi connectivity index (χ4n) is 2.53. The van der Waals surface area contributed by atoms with Gasteiger partial charge < -0.3 is 5.32 Å². The first kappa shape index (κ1) is 16.2. The number of hydrogen-bond acceptors (Lipinski definition) is 2. The summed E-state index contributed by atoms with van der Waals surface area (Å²) in [5, 5.41) is 3.47. The molecule has 2 unspecified atom stereocenters. The lowest BCUT2D eigenvalue weighted by atomic mass is 9.92. The molecule has 0 aromatic carbocycles. The second kappa shape index (κ2) is 6.51. The minimum absolute atomic E-state index is 0.0911. The summed E-state index contributed by atoms with van der Waals surface area (Å²) in [5.41, 5.74) is -3.98. The van der Waals surface area contributed by atoms with Gasteiger partial charge in [-0.2, -0.15) is 13.2 Å². The van der Waals surface area contributed by atoms with E-state index in [9.17, 15) is 13.2 Å². The van der Waals surface area contributed by atoms with Gasteiger partial charge in [0.25, 0.3) is 0 Å². The Labute approximate surface area is 112 Å². The van der Waals surface area contributed by atoms with Crippen molar-refractivity contribution in [3.05, 3.63) is 0 Å². The minimum atomic E-state index is -4.07. The van der Waals surface area contributed by atoms with Crippen molar-refractivity contribution in [1.29, 1.82) is 0 Å². The van der Waals surface area contributed by atoms with Crippen molar-refractivity contribution in [2.24, 2.45) is 11.8 Å². The van der Waals surface area contributed by atoms with E-state index in [1.54, 1.807) is 0 Å². The van der Waals surface area contributed by atoms with E-state index in [2.05, 4.69) is 26.1 Å². The standard InChI is InChI=1S/C13H24F3NS/c1-12(2,3)17-9-11-6-4-5-10(11)7-8-18-13(14,15)16/h10-11,17H,4-9H2,1-3H3. The van der Waals surface area contributed by atoms with Crippen LogP contribution in [0.2, 0.25) is 0 Å². The number of alkyl halides is 3. The largest absolute Gasteiger partial charge is 0.441 e. The Balaban J connectivity index is 2.27. The molecule has 1 nitrogen and oxygen atoms in total. The van der Waals surface area contributed by atoms with E-state index in [0.717, 1.165) is 25.8 Å². The summed E-state index contributed by atoms with van der Waals surface area (Å²) in [6.07, 6.45) is 4.11. The Morgan fingerprint density at radius 2 is 1.72 bits per heavy atom. The van der Waals surface area contributed by atoms with E-state index in [4.69, 9.17) is 0 Å². The molecule has 1 aliphatic carbocycles. The van der Waals surface area contributed by atoms with Crippen molar-refractivity contribution in [2.75, 3.05) is 12.3 Å². The van der Waals surface area contributed by atoms with Gasteiger partial charge in [-0.25, -0.2) is 0 Å². The molecule has 1 fully saturated rings. The summed E-state index contributed by atoms with van der Waals surface area (Å²) < 4.78 is 36.2. The third-order valence-electron chi connectivity index (χ3n) is 3.47. The van der Waals surface area contributed by atoms with Gasteiger partial charge in [-0.1, -0.05) is 24.6 Å². The zero-order chi connectivity index (χ0) is 13.8. The summed E-state index contributed by atoms with van der Waals surface area (Å²) in [4.78, 5) is 0. The van der Waals surface area contributed by atoms with Gasteiger partial charge in [0, 0.05) is 11.3 Å². The highest BCUT2D eigenvalue weighted by Gasteiger charge is 2.31. The molecule has 0 spiro atoms. The second-order valence-corrected chi connectivity index (χ2v) is 7.32. The zero-order valence-corrected chi connectivity index (χ0v) is 12.3. The van der Waals surface area contributed by atoms with Gasteiger partial charge in [0.2, 0.25) is 0 Å². The average Bonchev–Trinajstić information content (AvgIpc) is 2.59. The third kappa shape index (κ3) is 6.88. The van der Waals surface area contributed by atoms with Crippen LogP contribution in [0.5, 0.6) is 0 Å². The maximum atomic E-state index is 12.1. The van der Waals surface area contributed by atoms with E-state index < -0.39 is 5.51 Å². The van der Waals surface area contributed by atoms with Gasteiger partial charge in [0.15, 0.2) is 0 Å². The van der Waals surface area contributed by atoms with E-state index in [0.29, 0.717) is 18.3 Å². The molecular weight excluding hydrogens is 259 g/mol. The monoisotopic (exact) mass is 283 g/mol. The van der Waals surface area contributed by atoms with Crippen LogP contribution in [-0.2, 0) is 0 Å². The van der Waals surface area contributed by atoms with Crippen molar-refractivity contribution in [1.82, 2.24) is 5.32 Å². The third-order valence-corrected chi connectivity index (χ3v) is 4.23. The maximum Gasteiger partial charge on any atom is 0.441 e. The Morgan fingerprint density at radius 1 is 1.11 bits per heavy atom. The number of nitrogens with one attached hydrogen (secondary N) is 1. The van der Waals surface area contributed by atoms with Crippen LogP contribution in [0, 0.1) is 11.8 Å². The molecule has 0 aromatic rings. The molecule has 0 aliphatic heterocycles. The van der Waals surface area contributed by atoms with E-state index in [1.807, 2.05) is 0 Å². The highest BCUT2D eigenvalue weighted by atomic mass is 32.2. The fraction of sp³-hybridized carbons (Fsp3) is 1.00. The summed E-state index contributed by atoms with van der Waals surface area (Å²) in [6, 6.07) is 0. The SMILES string of the molecule is CC(C)(C)NCC1CCCC1CCSC(F)(F)F. The van der Waals surface area contributed by atoms with Crippen molar-refractivity contribution < 1.29 is 13.2 Å².